The molecule has 1 saturated heterocycles. The van der Waals surface area contributed by atoms with Gasteiger partial charge in [-0.3, -0.25) is 0 Å². The maximum Gasteiger partial charge on any atom is 0.163 e. The van der Waals surface area contributed by atoms with Gasteiger partial charge in [-0.15, -0.1) is 10.2 Å². The number of nitrogens with one attached hydrogen (secondary N) is 1. The van der Waals surface area contributed by atoms with Crippen molar-refractivity contribution in [3.05, 3.63) is 53.2 Å². The quantitative estimate of drug-likeness (QED) is 0.846. The van der Waals surface area contributed by atoms with E-state index in [1.807, 2.05) is 6.07 Å². The van der Waals surface area contributed by atoms with Gasteiger partial charge in [-0.05, 0) is 35.6 Å². The SMILES string of the molecule is CC(C)c1ccc(CS(=O)NC2CCN(c3ccc(C#N)nn3)C2)cc1. The summed E-state index contributed by atoms with van der Waals surface area (Å²) in [7, 11) is -1.11. The van der Waals surface area contributed by atoms with Crippen LogP contribution in [0.2, 0.25) is 0 Å². The highest BCUT2D eigenvalue weighted by molar-refractivity contribution is 7.82. The van der Waals surface area contributed by atoms with E-state index in [0.717, 1.165) is 30.9 Å². The molecule has 2 heterocycles. The van der Waals surface area contributed by atoms with E-state index in [1.165, 1.54) is 5.56 Å². The van der Waals surface area contributed by atoms with Gasteiger partial charge in [0.1, 0.15) is 6.07 Å². The molecule has 0 bridgehead atoms. The fourth-order valence-electron chi connectivity index (χ4n) is 3.00. The molecule has 1 aromatic heterocycles. The Morgan fingerprint density at radius 3 is 2.65 bits per heavy atom. The molecule has 0 saturated carbocycles. The third-order valence-electron chi connectivity index (χ3n) is 4.52. The average Bonchev–Trinajstić information content (AvgIpc) is 3.10. The van der Waals surface area contributed by atoms with Crippen LogP contribution in [-0.4, -0.2) is 33.5 Å². The van der Waals surface area contributed by atoms with Crippen molar-refractivity contribution in [1.29, 1.82) is 5.26 Å². The smallest absolute Gasteiger partial charge is 0.163 e. The van der Waals surface area contributed by atoms with Crippen LogP contribution in [0.25, 0.3) is 0 Å². The van der Waals surface area contributed by atoms with E-state index in [9.17, 15) is 4.21 Å². The number of hydrogen-bond donors (Lipinski definition) is 1. The largest absolute Gasteiger partial charge is 0.353 e. The van der Waals surface area contributed by atoms with E-state index < -0.39 is 11.0 Å². The van der Waals surface area contributed by atoms with Gasteiger partial charge in [0.15, 0.2) is 11.5 Å². The second-order valence-corrected chi connectivity index (χ2v) is 8.04. The van der Waals surface area contributed by atoms with Gasteiger partial charge in [0.05, 0.1) is 16.7 Å². The highest BCUT2D eigenvalue weighted by Gasteiger charge is 2.25. The van der Waals surface area contributed by atoms with Crippen molar-refractivity contribution < 1.29 is 4.21 Å². The molecule has 2 aromatic rings. The van der Waals surface area contributed by atoms with Crippen molar-refractivity contribution in [2.24, 2.45) is 0 Å². The first-order valence-electron chi connectivity index (χ1n) is 8.77. The van der Waals surface area contributed by atoms with E-state index in [0.29, 0.717) is 17.4 Å². The van der Waals surface area contributed by atoms with E-state index in [4.69, 9.17) is 5.26 Å². The van der Waals surface area contributed by atoms with Crippen LogP contribution >= 0.6 is 0 Å². The molecule has 0 aliphatic carbocycles. The first kappa shape index (κ1) is 18.5. The summed E-state index contributed by atoms with van der Waals surface area (Å²) < 4.78 is 15.6. The molecule has 26 heavy (non-hydrogen) atoms. The first-order chi connectivity index (χ1) is 12.5. The summed E-state index contributed by atoms with van der Waals surface area (Å²) in [4.78, 5) is 2.10. The number of hydrogen-bond acceptors (Lipinski definition) is 5. The van der Waals surface area contributed by atoms with Crippen LogP contribution in [-0.2, 0) is 16.7 Å². The minimum Gasteiger partial charge on any atom is -0.353 e. The number of benzene rings is 1. The molecule has 0 amide bonds. The maximum absolute atomic E-state index is 12.4. The molecule has 0 radical (unpaired) electrons. The maximum atomic E-state index is 12.4. The summed E-state index contributed by atoms with van der Waals surface area (Å²) in [5.41, 5.74) is 2.68. The highest BCUT2D eigenvalue weighted by Crippen LogP contribution is 2.18. The zero-order chi connectivity index (χ0) is 18.5. The Labute approximate surface area is 156 Å². The average molecular weight is 369 g/mol. The number of rotatable bonds is 6. The first-order valence-corrected chi connectivity index (χ1v) is 10.1. The highest BCUT2D eigenvalue weighted by atomic mass is 32.2. The number of nitrogens with zero attached hydrogens (tertiary/aromatic N) is 4. The fourth-order valence-corrected chi connectivity index (χ4v) is 4.14. The van der Waals surface area contributed by atoms with Crippen LogP contribution in [0.1, 0.15) is 43.0 Å². The third kappa shape index (κ3) is 4.65. The zero-order valence-corrected chi connectivity index (χ0v) is 15.9. The molecule has 2 unspecified atom stereocenters. The molecule has 1 aromatic carbocycles. The molecular formula is C19H23N5OS. The van der Waals surface area contributed by atoms with Crippen molar-refractivity contribution >= 4 is 16.8 Å². The van der Waals surface area contributed by atoms with Crippen molar-refractivity contribution in [3.8, 4) is 6.07 Å². The topological polar surface area (TPSA) is 81.9 Å². The Balaban J connectivity index is 1.51. The van der Waals surface area contributed by atoms with E-state index >= 15 is 0 Å². The van der Waals surface area contributed by atoms with Crippen molar-refractivity contribution in [3.63, 3.8) is 0 Å². The fraction of sp³-hybridized carbons (Fsp3) is 0.421. The van der Waals surface area contributed by atoms with Gasteiger partial charge >= 0.3 is 0 Å². The standard InChI is InChI=1S/C19H23N5OS/c1-14(2)16-5-3-15(4-6-16)13-26(25)23-18-9-10-24(12-18)19-8-7-17(11-20)21-22-19/h3-8,14,18,23H,9-10,12-13H2,1-2H3. The van der Waals surface area contributed by atoms with Gasteiger partial charge in [-0.2, -0.15) is 5.26 Å². The number of aromatic nitrogens is 2. The third-order valence-corrected chi connectivity index (χ3v) is 5.71. The molecule has 136 valence electrons. The van der Waals surface area contributed by atoms with Crippen LogP contribution in [0.4, 0.5) is 5.82 Å². The molecule has 1 aliphatic heterocycles. The van der Waals surface area contributed by atoms with Crippen molar-refractivity contribution in [2.45, 2.75) is 38.0 Å². The van der Waals surface area contributed by atoms with E-state index in [-0.39, 0.29) is 6.04 Å². The molecule has 1 N–H and O–H groups in total. The summed E-state index contributed by atoms with van der Waals surface area (Å²) in [6, 6.07) is 13.9. The molecule has 3 rings (SSSR count). The van der Waals surface area contributed by atoms with Gasteiger partial charge in [0.25, 0.3) is 0 Å². The lowest BCUT2D eigenvalue weighted by molar-refractivity contribution is 0.637. The lowest BCUT2D eigenvalue weighted by Gasteiger charge is -2.17. The second kappa shape index (κ2) is 8.39. The monoisotopic (exact) mass is 369 g/mol. The van der Waals surface area contributed by atoms with Gasteiger partial charge in [0.2, 0.25) is 0 Å². The summed E-state index contributed by atoms with van der Waals surface area (Å²) >= 11 is 0. The van der Waals surface area contributed by atoms with Gasteiger partial charge in [-0.1, -0.05) is 38.1 Å². The Kier molecular flexibility index (Phi) is 5.96. The Hall–Kier alpha value is -2.30. The molecule has 1 aliphatic rings. The zero-order valence-electron chi connectivity index (χ0n) is 15.1. The van der Waals surface area contributed by atoms with Gasteiger partial charge < -0.3 is 4.90 Å². The normalized spacial score (nSPS) is 18.1. The molecule has 0 spiro atoms. The predicted octanol–water partition coefficient (Wildman–Crippen LogP) is 2.50. The number of anilines is 1. The Bertz CT molecular complexity index is 798. The van der Waals surface area contributed by atoms with Crippen LogP contribution in [0.5, 0.6) is 0 Å². The van der Waals surface area contributed by atoms with E-state index in [1.54, 1.807) is 12.1 Å². The van der Waals surface area contributed by atoms with Crippen LogP contribution in [0, 0.1) is 11.3 Å². The van der Waals surface area contributed by atoms with Gasteiger partial charge in [-0.25, -0.2) is 8.93 Å². The molecule has 2 atom stereocenters. The number of nitriles is 1. The minimum atomic E-state index is -1.11. The Morgan fingerprint density at radius 2 is 2.04 bits per heavy atom. The van der Waals surface area contributed by atoms with E-state index in [2.05, 4.69) is 57.9 Å². The van der Waals surface area contributed by atoms with Crippen LogP contribution in [0.15, 0.2) is 36.4 Å². The second-order valence-electron chi connectivity index (χ2n) is 6.82. The summed E-state index contributed by atoms with van der Waals surface area (Å²) in [6.45, 7) is 5.90. The molecule has 1 fully saturated rings. The Morgan fingerprint density at radius 1 is 1.27 bits per heavy atom. The summed E-state index contributed by atoms with van der Waals surface area (Å²) in [5.74, 6) is 1.76. The molecular weight excluding hydrogens is 346 g/mol. The molecule has 6 nitrogen and oxygen atoms in total. The minimum absolute atomic E-state index is 0.156. The van der Waals surface area contributed by atoms with Gasteiger partial charge in [0, 0.05) is 19.1 Å². The summed E-state index contributed by atoms with van der Waals surface area (Å²) in [6.07, 6.45) is 0.902. The van der Waals surface area contributed by atoms with Crippen molar-refractivity contribution in [2.75, 3.05) is 18.0 Å². The van der Waals surface area contributed by atoms with Crippen LogP contribution in [0.3, 0.4) is 0 Å². The lowest BCUT2D eigenvalue weighted by Crippen LogP contribution is -2.34. The predicted molar refractivity (Wildman–Crippen MR) is 103 cm³/mol. The lowest BCUT2D eigenvalue weighted by atomic mass is 10.0. The molecule has 7 heteroatoms. The van der Waals surface area contributed by atoms with Crippen molar-refractivity contribution in [1.82, 2.24) is 14.9 Å². The summed E-state index contributed by atoms with van der Waals surface area (Å²) in [5, 5.41) is 16.7. The van der Waals surface area contributed by atoms with Crippen LogP contribution < -0.4 is 9.62 Å².